The zero-order valence-electron chi connectivity index (χ0n) is 19.7. The smallest absolute Gasteiger partial charge is 0.342 e. The number of hydrogen-bond donors (Lipinski definition) is 1. The van der Waals surface area contributed by atoms with Crippen molar-refractivity contribution in [2.75, 3.05) is 6.61 Å². The summed E-state index contributed by atoms with van der Waals surface area (Å²) in [5.41, 5.74) is -3.31. The molecule has 0 unspecified atom stereocenters. The van der Waals surface area contributed by atoms with Gasteiger partial charge in [0.05, 0.1) is 18.3 Å². The van der Waals surface area contributed by atoms with E-state index < -0.39 is 70.5 Å². The van der Waals surface area contributed by atoms with Gasteiger partial charge >= 0.3 is 17.9 Å². The van der Waals surface area contributed by atoms with E-state index in [-0.39, 0.29) is 0 Å². The lowest BCUT2D eigenvalue weighted by Gasteiger charge is -2.54. The van der Waals surface area contributed by atoms with Crippen LogP contribution < -0.4 is 0 Å². The molecule has 1 saturated carbocycles. The Bertz CT molecular complexity index is 938. The zero-order valence-corrected chi connectivity index (χ0v) is 19.7. The van der Waals surface area contributed by atoms with Crippen molar-refractivity contribution >= 4 is 17.9 Å². The van der Waals surface area contributed by atoms with Gasteiger partial charge in [-0.15, -0.1) is 0 Å². The lowest BCUT2D eigenvalue weighted by molar-refractivity contribution is -0.215. The second-order valence-corrected chi connectivity index (χ2v) is 10.7. The van der Waals surface area contributed by atoms with Crippen molar-refractivity contribution in [1.29, 1.82) is 0 Å². The van der Waals surface area contributed by atoms with E-state index in [0.717, 1.165) is 5.57 Å². The van der Waals surface area contributed by atoms with Gasteiger partial charge in [-0.2, -0.15) is 0 Å². The molecular formula is C24H32O9. The van der Waals surface area contributed by atoms with Gasteiger partial charge in [-0.05, 0) is 45.6 Å². The van der Waals surface area contributed by atoms with Crippen molar-refractivity contribution in [2.45, 2.75) is 102 Å². The van der Waals surface area contributed by atoms with Gasteiger partial charge in [0, 0.05) is 25.2 Å². The number of rotatable bonds is 2. The number of epoxide rings is 2. The Kier molecular flexibility index (Phi) is 4.85. The molecule has 0 radical (unpaired) electrons. The maximum Gasteiger partial charge on any atom is 0.342 e. The Morgan fingerprint density at radius 1 is 1.12 bits per heavy atom. The van der Waals surface area contributed by atoms with Gasteiger partial charge in [-0.1, -0.05) is 12.5 Å². The largest absolute Gasteiger partial charge is 0.462 e. The predicted octanol–water partition coefficient (Wildman–Crippen LogP) is 1.59. The summed E-state index contributed by atoms with van der Waals surface area (Å²) in [6.07, 6.45) is 0.731. The van der Waals surface area contributed by atoms with Crippen LogP contribution in [0.25, 0.3) is 0 Å². The van der Waals surface area contributed by atoms with Crippen LogP contribution in [0.1, 0.15) is 60.3 Å². The number of carbonyl (C=O) groups excluding carboxylic acids is 3. The molecule has 1 N–H and O–H groups in total. The number of esters is 3. The highest BCUT2D eigenvalue weighted by molar-refractivity contribution is 5.89. The summed E-state index contributed by atoms with van der Waals surface area (Å²) in [5, 5.41) is 12.1. The van der Waals surface area contributed by atoms with Gasteiger partial charge in [-0.25, -0.2) is 4.79 Å². The second kappa shape index (κ2) is 7.02. The molecular weight excluding hydrogens is 432 g/mol. The van der Waals surface area contributed by atoms with Gasteiger partial charge < -0.3 is 28.8 Å². The Morgan fingerprint density at radius 2 is 1.73 bits per heavy atom. The van der Waals surface area contributed by atoms with Crippen LogP contribution in [0, 0.1) is 11.3 Å². The van der Waals surface area contributed by atoms with Gasteiger partial charge in [0.1, 0.15) is 12.2 Å². The highest BCUT2D eigenvalue weighted by Crippen LogP contribution is 2.67. The molecule has 2 aliphatic carbocycles. The third-order valence-electron chi connectivity index (χ3n) is 8.70. The monoisotopic (exact) mass is 464 g/mol. The van der Waals surface area contributed by atoms with Crippen molar-refractivity contribution in [1.82, 2.24) is 0 Å². The normalized spacial score (nSPS) is 51.8. The number of aliphatic hydroxyl groups excluding tert-OH is 1. The molecule has 5 rings (SSSR count). The third-order valence-corrected chi connectivity index (χ3v) is 8.70. The first-order valence-electron chi connectivity index (χ1n) is 11.7. The summed E-state index contributed by atoms with van der Waals surface area (Å²) >= 11 is 0. The molecule has 5 aliphatic rings. The van der Waals surface area contributed by atoms with Crippen LogP contribution in [0.4, 0.5) is 0 Å². The van der Waals surface area contributed by atoms with Crippen LogP contribution in [-0.4, -0.2) is 70.8 Å². The fourth-order valence-electron chi connectivity index (χ4n) is 6.92. The molecule has 0 bridgehead atoms. The molecule has 0 amide bonds. The topological polar surface area (TPSA) is 124 Å². The van der Waals surface area contributed by atoms with Gasteiger partial charge in [-0.3, -0.25) is 9.59 Å². The van der Waals surface area contributed by atoms with Crippen LogP contribution >= 0.6 is 0 Å². The van der Waals surface area contributed by atoms with Crippen molar-refractivity contribution in [3.8, 4) is 0 Å². The van der Waals surface area contributed by atoms with E-state index in [4.69, 9.17) is 23.7 Å². The fraction of sp³-hybridized carbons (Fsp3) is 0.792. The van der Waals surface area contributed by atoms with Gasteiger partial charge in [0.25, 0.3) is 0 Å². The van der Waals surface area contributed by atoms with E-state index >= 15 is 0 Å². The molecule has 9 nitrogen and oxygen atoms in total. The lowest BCUT2D eigenvalue weighted by atomic mass is 9.53. The summed E-state index contributed by atoms with van der Waals surface area (Å²) in [6.45, 7) is 8.57. The summed E-state index contributed by atoms with van der Waals surface area (Å²) < 4.78 is 29.3. The minimum Gasteiger partial charge on any atom is -0.462 e. The number of hydrogen-bond acceptors (Lipinski definition) is 9. The third kappa shape index (κ3) is 2.98. The van der Waals surface area contributed by atoms with Crippen molar-refractivity contribution < 1.29 is 43.2 Å². The van der Waals surface area contributed by atoms with Crippen LogP contribution in [0.2, 0.25) is 0 Å². The molecule has 0 aromatic heterocycles. The minimum atomic E-state index is -1.29. The molecule has 4 fully saturated rings. The molecule has 3 heterocycles. The van der Waals surface area contributed by atoms with E-state index in [1.165, 1.54) is 13.8 Å². The van der Waals surface area contributed by atoms with E-state index in [9.17, 15) is 19.5 Å². The highest BCUT2D eigenvalue weighted by Gasteiger charge is 2.87. The first kappa shape index (κ1) is 22.8. The average molecular weight is 465 g/mol. The SMILES string of the molecule is CC(=O)O[C@H]1CC/C(C)=C\[C@@H]2OC(=O)[C@]3(C)O[C@]23[C@@H](O)[C@@H]2[C@@]3(CC[C@H](OC(C)=O)[C@]12C)CO3. The molecule has 9 heteroatoms. The van der Waals surface area contributed by atoms with E-state index in [0.29, 0.717) is 32.3 Å². The molecule has 2 spiro atoms. The van der Waals surface area contributed by atoms with Gasteiger partial charge in [0.15, 0.2) is 17.3 Å². The summed E-state index contributed by atoms with van der Waals surface area (Å²) in [7, 11) is 0. The fourth-order valence-corrected chi connectivity index (χ4v) is 6.92. The first-order valence-corrected chi connectivity index (χ1v) is 11.7. The quantitative estimate of drug-likeness (QED) is 0.281. The number of carbonyl (C=O) groups is 3. The molecule has 33 heavy (non-hydrogen) atoms. The lowest BCUT2D eigenvalue weighted by Crippen LogP contribution is -2.65. The van der Waals surface area contributed by atoms with Crippen molar-refractivity contribution in [3.05, 3.63) is 11.6 Å². The average Bonchev–Trinajstić information content (AvgIpc) is 3.60. The molecule has 3 aliphatic heterocycles. The second-order valence-electron chi connectivity index (χ2n) is 10.7. The first-order chi connectivity index (χ1) is 15.4. The highest BCUT2D eigenvalue weighted by atomic mass is 16.7. The van der Waals surface area contributed by atoms with Crippen LogP contribution in [0.3, 0.4) is 0 Å². The number of fused-ring (bicyclic) bond motifs is 2. The molecule has 182 valence electrons. The predicted molar refractivity (Wildman–Crippen MR) is 112 cm³/mol. The van der Waals surface area contributed by atoms with Crippen molar-refractivity contribution in [3.63, 3.8) is 0 Å². The van der Waals surface area contributed by atoms with Gasteiger partial charge in [0.2, 0.25) is 0 Å². The van der Waals surface area contributed by atoms with Crippen LogP contribution in [-0.2, 0) is 38.1 Å². The van der Waals surface area contributed by atoms with E-state index in [1.54, 1.807) is 6.92 Å². The van der Waals surface area contributed by atoms with E-state index in [1.807, 2.05) is 19.9 Å². The Labute approximate surface area is 192 Å². The maximum atomic E-state index is 12.7. The Balaban J connectivity index is 1.69. The summed E-state index contributed by atoms with van der Waals surface area (Å²) in [6, 6.07) is 0. The summed E-state index contributed by atoms with van der Waals surface area (Å²) in [4.78, 5) is 37.0. The van der Waals surface area contributed by atoms with E-state index in [2.05, 4.69) is 0 Å². The standard InChI is InChI=1S/C24H32O9/c1-12-6-7-15(30-13(2)25)21(4)16(31-14(3)26)8-9-23(11-29-23)18(21)19(27)24-17(10-12)32-20(28)22(24,5)33-24/h10,15-19,27H,6-9,11H2,1-5H3/b12-10-/t15-,16-,17-,18-,19-,21-,22-,23+,24-/m0/s1. The molecule has 0 aromatic rings. The molecule has 9 atom stereocenters. The molecule has 3 saturated heterocycles. The summed E-state index contributed by atoms with van der Waals surface area (Å²) in [5.74, 6) is -2.03. The number of ether oxygens (including phenoxy) is 5. The van der Waals surface area contributed by atoms with Crippen molar-refractivity contribution in [2.24, 2.45) is 11.3 Å². The number of aliphatic hydroxyl groups is 1. The van der Waals surface area contributed by atoms with Crippen LogP contribution in [0.5, 0.6) is 0 Å². The maximum absolute atomic E-state index is 12.7. The minimum absolute atomic E-state index is 0.422. The zero-order chi connectivity index (χ0) is 24.0. The Morgan fingerprint density at radius 3 is 2.27 bits per heavy atom. The Hall–Kier alpha value is -1.97. The number of allylic oxidation sites excluding steroid dienone is 1. The molecule has 0 aromatic carbocycles. The van der Waals surface area contributed by atoms with Crippen LogP contribution in [0.15, 0.2) is 11.6 Å².